The number of ether oxygens (including phenoxy) is 1. The quantitative estimate of drug-likeness (QED) is 0.790. The number of carbonyl (C=O) groups excluding carboxylic acids is 1. The summed E-state index contributed by atoms with van der Waals surface area (Å²) in [6, 6.07) is 5.93. The minimum absolute atomic E-state index is 0.0704. The molecule has 26 heavy (non-hydrogen) atoms. The van der Waals surface area contributed by atoms with Gasteiger partial charge in [-0.1, -0.05) is 0 Å². The van der Waals surface area contributed by atoms with Crippen LogP contribution in [0.1, 0.15) is 29.0 Å². The predicted molar refractivity (Wildman–Crippen MR) is 95.3 cm³/mol. The highest BCUT2D eigenvalue weighted by molar-refractivity contribution is 7.89. The van der Waals surface area contributed by atoms with Crippen LogP contribution in [0, 0.1) is 6.92 Å². The number of carbonyl (C=O) groups is 1. The maximum absolute atomic E-state index is 12.3. The van der Waals surface area contributed by atoms with Crippen molar-refractivity contribution in [3.63, 3.8) is 0 Å². The van der Waals surface area contributed by atoms with Gasteiger partial charge < -0.3 is 10.1 Å². The Morgan fingerprint density at radius 2 is 2.00 bits per heavy atom. The highest BCUT2D eigenvalue weighted by Gasteiger charge is 2.20. The van der Waals surface area contributed by atoms with Crippen LogP contribution in [0.4, 0.5) is 5.69 Å². The Labute approximate surface area is 152 Å². The summed E-state index contributed by atoms with van der Waals surface area (Å²) in [6.07, 6.45) is 4.63. The standard InChI is InChI=1S/C17H20N4O4S/c1-12-9-19-16(11-18-12)17(22)21-13-4-6-15(7-5-13)26(23,24)20-10-14-3-2-8-25-14/h4-7,9,11,14,20H,2-3,8,10H2,1H3,(H,21,22)/t14-/m1/s1. The fourth-order valence-corrected chi connectivity index (χ4v) is 3.58. The number of nitrogens with one attached hydrogen (secondary N) is 2. The smallest absolute Gasteiger partial charge is 0.275 e. The van der Waals surface area contributed by atoms with E-state index in [1.807, 2.05) is 0 Å². The lowest BCUT2D eigenvalue weighted by Crippen LogP contribution is -2.31. The highest BCUT2D eigenvalue weighted by Crippen LogP contribution is 2.16. The third kappa shape index (κ3) is 4.63. The van der Waals surface area contributed by atoms with Gasteiger partial charge in [0.05, 0.1) is 22.9 Å². The Morgan fingerprint density at radius 3 is 2.62 bits per heavy atom. The third-order valence-electron chi connectivity index (χ3n) is 3.96. The largest absolute Gasteiger partial charge is 0.377 e. The maximum Gasteiger partial charge on any atom is 0.275 e. The zero-order chi connectivity index (χ0) is 18.6. The Kier molecular flexibility index (Phi) is 5.60. The first kappa shape index (κ1) is 18.4. The molecule has 8 nitrogen and oxygen atoms in total. The van der Waals surface area contributed by atoms with E-state index in [1.54, 1.807) is 6.92 Å². The van der Waals surface area contributed by atoms with E-state index < -0.39 is 15.9 Å². The molecule has 0 bridgehead atoms. The number of aromatic nitrogens is 2. The molecule has 0 saturated carbocycles. The van der Waals surface area contributed by atoms with Crippen molar-refractivity contribution in [2.75, 3.05) is 18.5 Å². The molecule has 1 aromatic carbocycles. The molecule has 1 aliphatic rings. The van der Waals surface area contributed by atoms with Crippen LogP contribution in [0.5, 0.6) is 0 Å². The summed E-state index contributed by atoms with van der Waals surface area (Å²) in [5.41, 5.74) is 1.37. The minimum Gasteiger partial charge on any atom is -0.377 e. The lowest BCUT2D eigenvalue weighted by atomic mass is 10.2. The van der Waals surface area contributed by atoms with Gasteiger partial charge >= 0.3 is 0 Å². The first-order valence-corrected chi connectivity index (χ1v) is 9.74. The Morgan fingerprint density at radius 1 is 1.23 bits per heavy atom. The molecular weight excluding hydrogens is 356 g/mol. The van der Waals surface area contributed by atoms with Gasteiger partial charge in [-0.05, 0) is 44.0 Å². The fourth-order valence-electron chi connectivity index (χ4n) is 2.51. The van der Waals surface area contributed by atoms with Crippen LogP contribution >= 0.6 is 0 Å². The van der Waals surface area contributed by atoms with E-state index in [0.29, 0.717) is 18.0 Å². The van der Waals surface area contributed by atoms with Crippen LogP contribution in [-0.4, -0.2) is 43.5 Å². The van der Waals surface area contributed by atoms with Crippen molar-refractivity contribution in [1.29, 1.82) is 0 Å². The summed E-state index contributed by atoms with van der Waals surface area (Å²) < 4.78 is 32.6. The molecule has 138 valence electrons. The van der Waals surface area contributed by atoms with Crippen molar-refractivity contribution in [1.82, 2.24) is 14.7 Å². The molecule has 0 unspecified atom stereocenters. The van der Waals surface area contributed by atoms with Crippen LogP contribution in [-0.2, 0) is 14.8 Å². The Hall–Kier alpha value is -2.36. The number of hydrogen-bond acceptors (Lipinski definition) is 6. The lowest BCUT2D eigenvalue weighted by Gasteiger charge is -2.12. The summed E-state index contributed by atoms with van der Waals surface area (Å²) in [7, 11) is -3.61. The Bertz CT molecular complexity index is 861. The maximum atomic E-state index is 12.3. The van der Waals surface area contributed by atoms with Crippen LogP contribution < -0.4 is 10.0 Å². The van der Waals surface area contributed by atoms with Crippen LogP contribution in [0.2, 0.25) is 0 Å². The van der Waals surface area contributed by atoms with Gasteiger partial charge in [0.1, 0.15) is 5.69 Å². The van der Waals surface area contributed by atoms with Gasteiger partial charge in [-0.25, -0.2) is 18.1 Å². The van der Waals surface area contributed by atoms with E-state index in [9.17, 15) is 13.2 Å². The molecule has 0 radical (unpaired) electrons. The number of rotatable bonds is 6. The SMILES string of the molecule is Cc1cnc(C(=O)Nc2ccc(S(=O)(=O)NC[C@H]3CCCO3)cc2)cn1. The number of anilines is 1. The normalized spacial score (nSPS) is 17.2. The fraction of sp³-hybridized carbons (Fsp3) is 0.353. The number of nitrogens with zero attached hydrogens (tertiary/aromatic N) is 2. The molecule has 2 heterocycles. The van der Waals surface area contributed by atoms with Crippen molar-refractivity contribution in [2.45, 2.75) is 30.8 Å². The third-order valence-corrected chi connectivity index (χ3v) is 5.40. The van der Waals surface area contributed by atoms with Crippen molar-refractivity contribution in [3.8, 4) is 0 Å². The van der Waals surface area contributed by atoms with Crippen LogP contribution in [0.3, 0.4) is 0 Å². The number of sulfonamides is 1. The molecular formula is C17H20N4O4S. The van der Waals surface area contributed by atoms with E-state index in [4.69, 9.17) is 4.74 Å². The first-order valence-electron chi connectivity index (χ1n) is 8.25. The molecule has 2 N–H and O–H groups in total. The van der Waals surface area contributed by atoms with E-state index in [2.05, 4.69) is 20.0 Å². The number of benzene rings is 1. The van der Waals surface area contributed by atoms with Gasteiger partial charge in [0.2, 0.25) is 10.0 Å². The second-order valence-corrected chi connectivity index (χ2v) is 7.78. The topological polar surface area (TPSA) is 110 Å². The molecule has 1 atom stereocenters. The summed E-state index contributed by atoms with van der Waals surface area (Å²) in [5.74, 6) is -0.412. The number of aryl methyl sites for hydroxylation is 1. The second-order valence-electron chi connectivity index (χ2n) is 6.01. The first-order chi connectivity index (χ1) is 12.4. The second kappa shape index (κ2) is 7.90. The molecule has 1 amide bonds. The van der Waals surface area contributed by atoms with Gasteiger partial charge in [-0.15, -0.1) is 0 Å². The summed E-state index contributed by atoms with van der Waals surface area (Å²) in [5, 5.41) is 2.66. The molecule has 1 aliphatic heterocycles. The average molecular weight is 376 g/mol. The molecule has 1 aromatic heterocycles. The number of amides is 1. The summed E-state index contributed by atoms with van der Waals surface area (Å²) >= 11 is 0. The highest BCUT2D eigenvalue weighted by atomic mass is 32.2. The van der Waals surface area contributed by atoms with Gasteiger partial charge in [-0.3, -0.25) is 9.78 Å². The summed E-state index contributed by atoms with van der Waals surface area (Å²) in [4.78, 5) is 20.2. The Balaban J connectivity index is 1.61. The lowest BCUT2D eigenvalue weighted by molar-refractivity contribution is 0.102. The predicted octanol–water partition coefficient (Wildman–Crippen LogP) is 1.49. The van der Waals surface area contributed by atoms with Crippen LogP contribution in [0.25, 0.3) is 0 Å². The minimum atomic E-state index is -3.61. The molecule has 0 spiro atoms. The zero-order valence-electron chi connectivity index (χ0n) is 14.3. The van der Waals surface area contributed by atoms with Gasteiger partial charge in [0.15, 0.2) is 0 Å². The summed E-state index contributed by atoms with van der Waals surface area (Å²) in [6.45, 7) is 2.71. The molecule has 2 aromatic rings. The van der Waals surface area contributed by atoms with Crippen molar-refractivity contribution in [3.05, 3.63) is 48.0 Å². The van der Waals surface area contributed by atoms with E-state index in [-0.39, 0.29) is 23.2 Å². The van der Waals surface area contributed by atoms with Gasteiger partial charge in [0, 0.05) is 25.0 Å². The number of hydrogen-bond donors (Lipinski definition) is 2. The van der Waals surface area contributed by atoms with Crippen molar-refractivity contribution < 1.29 is 17.9 Å². The van der Waals surface area contributed by atoms with E-state index >= 15 is 0 Å². The molecule has 1 fully saturated rings. The molecule has 0 aliphatic carbocycles. The van der Waals surface area contributed by atoms with Crippen molar-refractivity contribution in [2.24, 2.45) is 0 Å². The van der Waals surface area contributed by atoms with Gasteiger partial charge in [-0.2, -0.15) is 0 Å². The zero-order valence-corrected chi connectivity index (χ0v) is 15.1. The van der Waals surface area contributed by atoms with Gasteiger partial charge in [0.25, 0.3) is 5.91 Å². The van der Waals surface area contributed by atoms with E-state index in [0.717, 1.165) is 12.8 Å². The average Bonchev–Trinajstić information content (AvgIpc) is 3.15. The van der Waals surface area contributed by atoms with Crippen molar-refractivity contribution >= 4 is 21.6 Å². The van der Waals surface area contributed by atoms with Crippen LogP contribution in [0.15, 0.2) is 41.6 Å². The monoisotopic (exact) mass is 376 g/mol. The molecule has 9 heteroatoms. The molecule has 1 saturated heterocycles. The molecule has 3 rings (SSSR count). The van der Waals surface area contributed by atoms with E-state index in [1.165, 1.54) is 36.7 Å².